The highest BCUT2D eigenvalue weighted by Crippen LogP contribution is 2.16. The van der Waals surface area contributed by atoms with Gasteiger partial charge in [0, 0.05) is 6.54 Å². The van der Waals surface area contributed by atoms with Crippen molar-refractivity contribution in [3.8, 4) is 0 Å². The maximum atomic E-state index is 4.09. The Morgan fingerprint density at radius 2 is 2.23 bits per heavy atom. The molecule has 0 bridgehead atoms. The Balaban J connectivity index is 1.72. The first-order valence-electron chi connectivity index (χ1n) is 4.98. The van der Waals surface area contributed by atoms with Gasteiger partial charge < -0.3 is 5.32 Å². The van der Waals surface area contributed by atoms with E-state index in [1.165, 1.54) is 32.4 Å². The van der Waals surface area contributed by atoms with Crippen LogP contribution in [0.25, 0.3) is 0 Å². The maximum Gasteiger partial charge on any atom is 0.137 e. The van der Waals surface area contributed by atoms with Crippen molar-refractivity contribution in [1.82, 2.24) is 20.1 Å². The molecule has 4 nitrogen and oxygen atoms in total. The van der Waals surface area contributed by atoms with Crippen molar-refractivity contribution >= 4 is 0 Å². The maximum absolute atomic E-state index is 4.09. The van der Waals surface area contributed by atoms with E-state index in [2.05, 4.69) is 15.4 Å². The van der Waals surface area contributed by atoms with Crippen LogP contribution >= 0.6 is 0 Å². The molecule has 1 aromatic heterocycles. The Bertz CT molecular complexity index is 226. The minimum absolute atomic E-state index is 0.880. The van der Waals surface area contributed by atoms with Gasteiger partial charge in [0.05, 0.1) is 0 Å². The molecule has 1 fully saturated rings. The van der Waals surface area contributed by atoms with Gasteiger partial charge in [-0.05, 0) is 38.3 Å². The summed E-state index contributed by atoms with van der Waals surface area (Å²) >= 11 is 0. The van der Waals surface area contributed by atoms with E-state index < -0.39 is 0 Å². The Morgan fingerprint density at radius 3 is 2.92 bits per heavy atom. The Hall–Kier alpha value is -0.900. The van der Waals surface area contributed by atoms with Gasteiger partial charge >= 0.3 is 0 Å². The molecule has 72 valence electrons. The van der Waals surface area contributed by atoms with Gasteiger partial charge in [-0.1, -0.05) is 0 Å². The van der Waals surface area contributed by atoms with Crippen molar-refractivity contribution in [2.75, 3.05) is 13.1 Å². The number of hydrogen-bond donors (Lipinski definition) is 1. The van der Waals surface area contributed by atoms with Crippen LogP contribution in [0.2, 0.25) is 0 Å². The van der Waals surface area contributed by atoms with E-state index in [0.29, 0.717) is 0 Å². The molecule has 1 aromatic rings. The number of aromatic nitrogens is 3. The van der Waals surface area contributed by atoms with Crippen molar-refractivity contribution in [3.05, 3.63) is 12.7 Å². The fraction of sp³-hybridized carbons (Fsp3) is 0.778. The molecule has 0 radical (unpaired) electrons. The van der Waals surface area contributed by atoms with Crippen LogP contribution in [0.5, 0.6) is 0 Å². The van der Waals surface area contributed by atoms with Crippen LogP contribution in [0, 0.1) is 5.92 Å². The lowest BCUT2D eigenvalue weighted by molar-refractivity contribution is 0.332. The first-order valence-corrected chi connectivity index (χ1v) is 4.98. The molecule has 2 rings (SSSR count). The molecule has 0 aromatic carbocycles. The molecular formula is C9H16N4. The third-order valence-corrected chi connectivity index (χ3v) is 2.69. The van der Waals surface area contributed by atoms with Crippen LogP contribution in [0.3, 0.4) is 0 Å². The Kier molecular flexibility index (Phi) is 2.92. The molecule has 0 atom stereocenters. The van der Waals surface area contributed by atoms with E-state index in [-0.39, 0.29) is 0 Å². The second kappa shape index (κ2) is 4.37. The zero-order valence-electron chi connectivity index (χ0n) is 7.82. The molecule has 1 aliphatic heterocycles. The quantitative estimate of drug-likeness (QED) is 0.743. The lowest BCUT2D eigenvalue weighted by Crippen LogP contribution is -2.28. The molecule has 0 aliphatic carbocycles. The minimum Gasteiger partial charge on any atom is -0.317 e. The number of piperidine rings is 1. The van der Waals surface area contributed by atoms with E-state index in [1.54, 1.807) is 12.7 Å². The van der Waals surface area contributed by atoms with Gasteiger partial charge in [-0.2, -0.15) is 5.10 Å². The van der Waals surface area contributed by atoms with Gasteiger partial charge in [0.15, 0.2) is 0 Å². The number of nitrogens with zero attached hydrogens (tertiary/aromatic N) is 3. The van der Waals surface area contributed by atoms with Crippen molar-refractivity contribution in [1.29, 1.82) is 0 Å². The van der Waals surface area contributed by atoms with Gasteiger partial charge in [0.1, 0.15) is 12.7 Å². The van der Waals surface area contributed by atoms with Gasteiger partial charge in [0.2, 0.25) is 0 Å². The van der Waals surface area contributed by atoms with E-state index in [0.717, 1.165) is 12.5 Å². The van der Waals surface area contributed by atoms with Gasteiger partial charge in [0.25, 0.3) is 0 Å². The smallest absolute Gasteiger partial charge is 0.137 e. The SMILES string of the molecule is c1ncn(CCC2CCNCC2)n1. The van der Waals surface area contributed by atoms with E-state index in [1.807, 2.05) is 4.68 Å². The standard InChI is InChI=1S/C9H16N4/c1-4-10-5-2-9(1)3-6-13-8-11-7-12-13/h7-10H,1-6H2. The first kappa shape index (κ1) is 8.69. The van der Waals surface area contributed by atoms with Crippen molar-refractivity contribution < 1.29 is 0 Å². The molecule has 0 amide bonds. The zero-order valence-corrected chi connectivity index (χ0v) is 7.82. The molecule has 4 heteroatoms. The van der Waals surface area contributed by atoms with Crippen LogP contribution in [-0.4, -0.2) is 27.9 Å². The zero-order chi connectivity index (χ0) is 8.93. The highest BCUT2D eigenvalue weighted by Gasteiger charge is 2.12. The number of nitrogens with one attached hydrogen (secondary N) is 1. The molecule has 2 heterocycles. The van der Waals surface area contributed by atoms with Crippen molar-refractivity contribution in [2.45, 2.75) is 25.8 Å². The van der Waals surface area contributed by atoms with E-state index in [9.17, 15) is 0 Å². The Morgan fingerprint density at radius 1 is 1.38 bits per heavy atom. The minimum atomic E-state index is 0.880. The predicted molar refractivity (Wildman–Crippen MR) is 50.2 cm³/mol. The van der Waals surface area contributed by atoms with E-state index in [4.69, 9.17) is 0 Å². The summed E-state index contributed by atoms with van der Waals surface area (Å²) < 4.78 is 1.92. The average Bonchev–Trinajstić information content (AvgIpc) is 2.69. The summed E-state index contributed by atoms with van der Waals surface area (Å²) in [6.07, 6.45) is 7.26. The van der Waals surface area contributed by atoms with Gasteiger partial charge in [-0.25, -0.2) is 4.98 Å². The summed E-state index contributed by atoms with van der Waals surface area (Å²) in [6.45, 7) is 3.38. The summed E-state index contributed by atoms with van der Waals surface area (Å²) in [5.41, 5.74) is 0. The summed E-state index contributed by atoms with van der Waals surface area (Å²) in [5, 5.41) is 7.46. The summed E-state index contributed by atoms with van der Waals surface area (Å²) in [4.78, 5) is 3.93. The van der Waals surface area contributed by atoms with Crippen LogP contribution in [-0.2, 0) is 6.54 Å². The normalized spacial score (nSPS) is 19.1. The number of hydrogen-bond acceptors (Lipinski definition) is 3. The lowest BCUT2D eigenvalue weighted by Gasteiger charge is -2.22. The molecule has 1 N–H and O–H groups in total. The molecule has 0 spiro atoms. The summed E-state index contributed by atoms with van der Waals surface area (Å²) in [6, 6.07) is 0. The third kappa shape index (κ3) is 2.52. The Labute approximate surface area is 78.4 Å². The molecular weight excluding hydrogens is 164 g/mol. The molecule has 1 aliphatic rings. The second-order valence-corrected chi connectivity index (χ2v) is 3.64. The monoisotopic (exact) mass is 180 g/mol. The fourth-order valence-corrected chi connectivity index (χ4v) is 1.83. The first-order chi connectivity index (χ1) is 6.45. The van der Waals surface area contributed by atoms with Crippen LogP contribution in [0.4, 0.5) is 0 Å². The van der Waals surface area contributed by atoms with Crippen molar-refractivity contribution in [3.63, 3.8) is 0 Å². The molecule has 13 heavy (non-hydrogen) atoms. The predicted octanol–water partition coefficient (Wildman–Crippen LogP) is 0.668. The summed E-state index contributed by atoms with van der Waals surface area (Å²) in [5.74, 6) is 0.880. The molecule has 0 unspecified atom stereocenters. The highest BCUT2D eigenvalue weighted by atomic mass is 15.3. The largest absolute Gasteiger partial charge is 0.317 e. The van der Waals surface area contributed by atoms with Crippen LogP contribution < -0.4 is 5.32 Å². The number of aryl methyl sites for hydroxylation is 1. The molecule has 1 saturated heterocycles. The number of rotatable bonds is 3. The highest BCUT2D eigenvalue weighted by molar-refractivity contribution is 4.68. The van der Waals surface area contributed by atoms with Gasteiger partial charge in [-0.15, -0.1) is 0 Å². The topological polar surface area (TPSA) is 42.7 Å². The lowest BCUT2D eigenvalue weighted by atomic mass is 9.95. The average molecular weight is 180 g/mol. The second-order valence-electron chi connectivity index (χ2n) is 3.64. The van der Waals surface area contributed by atoms with Crippen LogP contribution in [0.15, 0.2) is 12.7 Å². The van der Waals surface area contributed by atoms with E-state index >= 15 is 0 Å². The summed E-state index contributed by atoms with van der Waals surface area (Å²) in [7, 11) is 0. The van der Waals surface area contributed by atoms with Crippen LogP contribution in [0.1, 0.15) is 19.3 Å². The van der Waals surface area contributed by atoms with Gasteiger partial charge in [-0.3, -0.25) is 4.68 Å². The third-order valence-electron chi connectivity index (χ3n) is 2.69. The van der Waals surface area contributed by atoms with Crippen molar-refractivity contribution in [2.24, 2.45) is 5.92 Å². The fourth-order valence-electron chi connectivity index (χ4n) is 1.83. The molecule has 0 saturated carbocycles.